The largest absolute Gasteiger partial charge is 0.481 e. The number of Topliss-reactive ketones (excluding diaryl/α,β-unsaturated/α-hetero) is 1. The molecule has 11 nitrogen and oxygen atoms in total. The second kappa shape index (κ2) is 14.4. The van der Waals surface area contributed by atoms with E-state index < -0.39 is 17.7 Å². The summed E-state index contributed by atoms with van der Waals surface area (Å²) < 4.78 is 24.0. The number of hydrogen-bond donors (Lipinski definition) is 2. The highest BCUT2D eigenvalue weighted by atomic mass is 35.5. The Morgan fingerprint density at radius 2 is 1.66 bits per heavy atom. The predicted molar refractivity (Wildman–Crippen MR) is 176 cm³/mol. The van der Waals surface area contributed by atoms with Gasteiger partial charge in [-0.1, -0.05) is 35.9 Å². The van der Waals surface area contributed by atoms with Gasteiger partial charge in [0, 0.05) is 52.2 Å². The SMILES string of the molecule is CO[C@H]1CN(C(O[C@H]2CC[C@H](C(=O)O)CC2)(C(=O)Cc2ccc(NC(=O)c3coc4ccccc34)c(Cl)c2)N2CCCC2)C[C@@H]1OC. The van der Waals surface area contributed by atoms with Crippen molar-refractivity contribution in [3.63, 3.8) is 0 Å². The van der Waals surface area contributed by atoms with Crippen LogP contribution in [0.3, 0.4) is 0 Å². The van der Waals surface area contributed by atoms with Crippen LogP contribution in [-0.4, -0.2) is 97.1 Å². The molecule has 1 unspecified atom stereocenters. The van der Waals surface area contributed by atoms with Crippen LogP contribution in [0.2, 0.25) is 5.02 Å². The molecule has 3 fully saturated rings. The van der Waals surface area contributed by atoms with Crippen LogP contribution in [0.15, 0.2) is 53.1 Å². The summed E-state index contributed by atoms with van der Waals surface area (Å²) in [5, 5.41) is 13.4. The predicted octanol–water partition coefficient (Wildman–Crippen LogP) is 5.21. The van der Waals surface area contributed by atoms with Gasteiger partial charge in [0.2, 0.25) is 5.85 Å². The number of carboxylic acids is 1. The molecule has 0 radical (unpaired) electrons. The fourth-order valence-electron chi connectivity index (χ4n) is 7.31. The van der Waals surface area contributed by atoms with E-state index in [1.54, 1.807) is 38.5 Å². The highest BCUT2D eigenvalue weighted by Gasteiger charge is 2.56. The summed E-state index contributed by atoms with van der Waals surface area (Å²) in [5.41, 5.74) is 2.11. The number of benzene rings is 2. The number of anilines is 1. The fraction of sp³-hybridized carbons (Fsp3) is 0.514. The maximum Gasteiger partial charge on any atom is 0.306 e. The molecule has 252 valence electrons. The molecule has 1 saturated carbocycles. The van der Waals surface area contributed by atoms with Gasteiger partial charge in [0.15, 0.2) is 5.78 Å². The van der Waals surface area contributed by atoms with Crippen molar-refractivity contribution in [3.8, 4) is 0 Å². The van der Waals surface area contributed by atoms with Gasteiger partial charge < -0.3 is 29.1 Å². The van der Waals surface area contributed by atoms with Crippen LogP contribution >= 0.6 is 11.6 Å². The number of halogens is 1. The molecular formula is C35H42ClN3O8. The molecular weight excluding hydrogens is 626 g/mol. The molecule has 1 amide bonds. The molecule has 2 saturated heterocycles. The molecule has 6 rings (SSSR count). The van der Waals surface area contributed by atoms with E-state index in [0.717, 1.165) is 12.8 Å². The van der Waals surface area contributed by atoms with Crippen molar-refractivity contribution in [2.45, 2.75) is 69.1 Å². The minimum Gasteiger partial charge on any atom is -0.481 e. The van der Waals surface area contributed by atoms with E-state index in [1.807, 2.05) is 18.2 Å². The summed E-state index contributed by atoms with van der Waals surface area (Å²) in [4.78, 5) is 43.8. The van der Waals surface area contributed by atoms with E-state index in [2.05, 4.69) is 15.1 Å². The number of carboxylic acid groups (broad SMARTS) is 1. The summed E-state index contributed by atoms with van der Waals surface area (Å²) in [7, 11) is 3.29. The fourth-order valence-corrected chi connectivity index (χ4v) is 7.56. The van der Waals surface area contributed by atoms with Gasteiger partial charge in [0.05, 0.1) is 40.5 Å². The van der Waals surface area contributed by atoms with E-state index >= 15 is 0 Å². The molecule has 3 aliphatic rings. The number of nitrogens with one attached hydrogen (secondary N) is 1. The zero-order valence-corrected chi connectivity index (χ0v) is 27.5. The van der Waals surface area contributed by atoms with Gasteiger partial charge in [-0.25, -0.2) is 0 Å². The minimum atomic E-state index is -1.39. The normalized spacial score (nSPS) is 25.2. The Hall–Kier alpha value is -3.32. The quantitative estimate of drug-likeness (QED) is 0.266. The van der Waals surface area contributed by atoms with Crippen molar-refractivity contribution in [2.75, 3.05) is 45.7 Å². The summed E-state index contributed by atoms with van der Waals surface area (Å²) in [6, 6.07) is 12.5. The van der Waals surface area contributed by atoms with Crippen LogP contribution in [-0.2, 0) is 30.2 Å². The summed E-state index contributed by atoms with van der Waals surface area (Å²) in [6.45, 7) is 2.26. The zero-order chi connectivity index (χ0) is 33.1. The second-order valence-corrected chi connectivity index (χ2v) is 13.1. The van der Waals surface area contributed by atoms with Crippen LogP contribution in [0.4, 0.5) is 5.69 Å². The molecule has 2 N–H and O–H groups in total. The summed E-state index contributed by atoms with van der Waals surface area (Å²) in [6.07, 6.45) is 4.68. The number of aliphatic carboxylic acids is 1. The van der Waals surface area contributed by atoms with E-state index in [0.29, 0.717) is 84.7 Å². The Morgan fingerprint density at radius 1 is 0.979 bits per heavy atom. The Labute approximate surface area is 279 Å². The Bertz CT molecular complexity index is 1590. The van der Waals surface area contributed by atoms with E-state index in [1.165, 1.54) is 6.26 Å². The molecule has 0 bridgehead atoms. The molecule has 1 aliphatic carbocycles. The van der Waals surface area contributed by atoms with Gasteiger partial charge in [-0.3, -0.25) is 24.2 Å². The van der Waals surface area contributed by atoms with Crippen molar-refractivity contribution in [1.82, 2.24) is 9.80 Å². The molecule has 0 spiro atoms. The number of para-hydroxylation sites is 1. The number of fused-ring (bicyclic) bond motifs is 1. The molecule has 2 aromatic carbocycles. The van der Waals surface area contributed by atoms with Crippen molar-refractivity contribution in [2.24, 2.45) is 5.92 Å². The number of likely N-dealkylation sites (tertiary alicyclic amines) is 2. The van der Waals surface area contributed by atoms with Crippen molar-refractivity contribution < 1.29 is 38.1 Å². The van der Waals surface area contributed by atoms with Crippen LogP contribution < -0.4 is 5.32 Å². The number of rotatable bonds is 12. The number of carbonyl (C=O) groups is 3. The monoisotopic (exact) mass is 667 g/mol. The van der Waals surface area contributed by atoms with Gasteiger partial charge in [-0.15, -0.1) is 0 Å². The number of carbonyl (C=O) groups excluding carboxylic acids is 2. The standard InChI is InChI=1S/C35H42ClN3O8/c1-44-30-19-39(20-31(30)45-2)35(38-15-5-6-16-38,47-24-12-10-23(11-13-24)34(42)43)32(40)18-22-9-14-28(27(36)17-22)37-33(41)26-21-46-29-8-4-3-7-25(26)29/h3-4,7-9,14,17,21,23-24,30-31H,5-6,10-13,15-16,18-20H2,1-2H3,(H,37,41)(H,42,43)/t23-,24-,30-,31-,35?/m0/s1. The average Bonchev–Trinajstić information content (AvgIpc) is 3.85. The van der Waals surface area contributed by atoms with Crippen LogP contribution in [0.5, 0.6) is 0 Å². The number of hydrogen-bond acceptors (Lipinski definition) is 9. The zero-order valence-electron chi connectivity index (χ0n) is 26.8. The first-order valence-electron chi connectivity index (χ1n) is 16.3. The lowest BCUT2D eigenvalue weighted by molar-refractivity contribution is -0.253. The Morgan fingerprint density at radius 3 is 2.30 bits per heavy atom. The van der Waals surface area contributed by atoms with Crippen LogP contribution in [0, 0.1) is 5.92 Å². The number of methoxy groups -OCH3 is 2. The minimum absolute atomic E-state index is 0.0348. The Kier molecular flexibility index (Phi) is 10.3. The highest BCUT2D eigenvalue weighted by molar-refractivity contribution is 6.34. The number of furan rings is 1. The number of ketones is 1. The third kappa shape index (κ3) is 6.83. The van der Waals surface area contributed by atoms with Gasteiger partial charge >= 0.3 is 5.97 Å². The third-order valence-electron chi connectivity index (χ3n) is 9.87. The van der Waals surface area contributed by atoms with Gasteiger partial charge in [0.25, 0.3) is 5.91 Å². The van der Waals surface area contributed by atoms with E-state index in [4.69, 9.17) is 30.2 Å². The van der Waals surface area contributed by atoms with Crippen LogP contribution in [0.1, 0.15) is 54.4 Å². The highest BCUT2D eigenvalue weighted by Crippen LogP contribution is 2.38. The lowest BCUT2D eigenvalue weighted by Gasteiger charge is -2.48. The first kappa shape index (κ1) is 33.6. The van der Waals surface area contributed by atoms with Gasteiger partial charge in [-0.05, 0) is 62.3 Å². The first-order chi connectivity index (χ1) is 22.7. The van der Waals surface area contributed by atoms with Crippen molar-refractivity contribution in [1.29, 1.82) is 0 Å². The molecule has 3 heterocycles. The second-order valence-electron chi connectivity index (χ2n) is 12.7. The average molecular weight is 668 g/mol. The maximum absolute atomic E-state index is 14.8. The van der Waals surface area contributed by atoms with Crippen LogP contribution in [0.25, 0.3) is 11.0 Å². The molecule has 3 aromatic rings. The molecule has 2 aliphatic heterocycles. The van der Waals surface area contributed by atoms with Gasteiger partial charge in [0.1, 0.15) is 11.8 Å². The smallest absolute Gasteiger partial charge is 0.306 e. The number of amides is 1. The first-order valence-corrected chi connectivity index (χ1v) is 16.7. The number of nitrogens with zero attached hydrogens (tertiary/aromatic N) is 2. The summed E-state index contributed by atoms with van der Waals surface area (Å²) >= 11 is 6.69. The maximum atomic E-state index is 14.8. The lowest BCUT2D eigenvalue weighted by Crippen LogP contribution is -2.67. The topological polar surface area (TPSA) is 131 Å². The Balaban J connectivity index is 1.26. The van der Waals surface area contributed by atoms with Crippen molar-refractivity contribution >= 4 is 45.9 Å². The molecule has 47 heavy (non-hydrogen) atoms. The number of ether oxygens (including phenoxy) is 3. The molecule has 3 atom stereocenters. The van der Waals surface area contributed by atoms with E-state index in [9.17, 15) is 19.5 Å². The van der Waals surface area contributed by atoms with E-state index in [-0.39, 0.29) is 36.4 Å². The lowest BCUT2D eigenvalue weighted by atomic mass is 9.87. The van der Waals surface area contributed by atoms with Crippen molar-refractivity contribution in [3.05, 3.63) is 64.9 Å². The summed E-state index contributed by atoms with van der Waals surface area (Å²) in [5.74, 6) is -3.06. The molecule has 12 heteroatoms. The molecule has 1 aromatic heterocycles. The third-order valence-corrected chi connectivity index (χ3v) is 10.2. The van der Waals surface area contributed by atoms with Gasteiger partial charge in [-0.2, -0.15) is 0 Å².